The van der Waals surface area contributed by atoms with Crippen molar-refractivity contribution in [2.75, 3.05) is 16.9 Å². The molecule has 1 amide bonds. The number of aliphatic hydroxyl groups excluding tert-OH is 1. The fraction of sp³-hybridized carbons (Fsp3) is 0.115. The average Bonchev–Trinajstić information content (AvgIpc) is 3.31. The summed E-state index contributed by atoms with van der Waals surface area (Å²) >= 11 is 0. The van der Waals surface area contributed by atoms with Gasteiger partial charge in [-0.2, -0.15) is 23.5 Å². The number of hydrogen-bond donors (Lipinski definition) is 2. The van der Waals surface area contributed by atoms with Crippen molar-refractivity contribution in [2.45, 2.75) is 12.8 Å². The van der Waals surface area contributed by atoms with Crippen LogP contribution in [-0.4, -0.2) is 27.5 Å². The molecule has 2 N–H and O–H groups in total. The Morgan fingerprint density at radius 3 is 2.43 bits per heavy atom. The lowest BCUT2D eigenvalue weighted by Crippen LogP contribution is -2.41. The summed E-state index contributed by atoms with van der Waals surface area (Å²) in [4.78, 5) is 14.8. The summed E-state index contributed by atoms with van der Waals surface area (Å²) < 4.78 is 55.9. The van der Waals surface area contributed by atoms with E-state index < -0.39 is 40.5 Å². The number of nitrogens with one attached hydrogen (secondary N) is 1. The molecule has 186 valence electrons. The van der Waals surface area contributed by atoms with Crippen molar-refractivity contribution in [3.63, 3.8) is 0 Å². The van der Waals surface area contributed by atoms with Crippen LogP contribution in [0.25, 0.3) is 16.8 Å². The number of fused-ring (bicyclic) bond motifs is 1. The standard InChI is InChI=1S/C26H17F4N5O2/c27-21-10-9-19(11-17(21)12-31)35-23-22(24(33-35)26(28,29)30)32-14-34(25(23)37)18-7-5-15(6-8-18)20-4-2-1-3-16(20)13-36/h1-11,32,36H,13-14H2. The third-order valence-electron chi connectivity index (χ3n) is 6.01. The molecule has 0 aliphatic carbocycles. The smallest absolute Gasteiger partial charge is 0.392 e. The highest BCUT2D eigenvalue weighted by atomic mass is 19.4. The molecule has 1 aliphatic rings. The molecule has 1 aromatic heterocycles. The quantitative estimate of drug-likeness (QED) is 0.376. The first-order chi connectivity index (χ1) is 17.7. The van der Waals surface area contributed by atoms with Crippen molar-refractivity contribution >= 4 is 17.3 Å². The van der Waals surface area contributed by atoms with Crippen LogP contribution in [-0.2, 0) is 12.8 Å². The van der Waals surface area contributed by atoms with E-state index in [4.69, 9.17) is 5.26 Å². The predicted molar refractivity (Wildman–Crippen MR) is 126 cm³/mol. The Labute approximate surface area is 207 Å². The van der Waals surface area contributed by atoms with Gasteiger partial charge < -0.3 is 10.4 Å². The van der Waals surface area contributed by atoms with Gasteiger partial charge in [-0.25, -0.2) is 9.07 Å². The van der Waals surface area contributed by atoms with E-state index in [9.17, 15) is 27.5 Å². The summed E-state index contributed by atoms with van der Waals surface area (Å²) in [7, 11) is 0. The van der Waals surface area contributed by atoms with E-state index in [1.807, 2.05) is 12.1 Å². The average molecular weight is 507 g/mol. The Balaban J connectivity index is 1.57. The number of anilines is 2. The molecular weight excluding hydrogens is 490 g/mol. The lowest BCUT2D eigenvalue weighted by atomic mass is 10.00. The van der Waals surface area contributed by atoms with Gasteiger partial charge in [0.25, 0.3) is 5.91 Å². The van der Waals surface area contributed by atoms with Crippen molar-refractivity contribution in [3.8, 4) is 22.9 Å². The summed E-state index contributed by atoms with van der Waals surface area (Å²) in [6.07, 6.45) is -4.87. The fourth-order valence-corrected chi connectivity index (χ4v) is 4.23. The van der Waals surface area contributed by atoms with Gasteiger partial charge in [0.1, 0.15) is 17.6 Å². The maximum Gasteiger partial charge on any atom is 0.437 e. The molecule has 0 saturated carbocycles. The maximum atomic E-state index is 13.8. The summed E-state index contributed by atoms with van der Waals surface area (Å²) in [5.41, 5.74) is 0.0513. The Hall–Kier alpha value is -4.69. The molecule has 0 atom stereocenters. The van der Waals surface area contributed by atoms with Gasteiger partial charge >= 0.3 is 6.18 Å². The highest BCUT2D eigenvalue weighted by Crippen LogP contribution is 2.40. The molecule has 4 aromatic rings. The number of hydrogen-bond acceptors (Lipinski definition) is 5. The minimum absolute atomic E-state index is 0.0716. The summed E-state index contributed by atoms with van der Waals surface area (Å²) in [6, 6.07) is 18.8. The van der Waals surface area contributed by atoms with Crippen LogP contribution >= 0.6 is 0 Å². The molecule has 3 aromatic carbocycles. The minimum Gasteiger partial charge on any atom is -0.392 e. The van der Waals surface area contributed by atoms with E-state index in [2.05, 4.69) is 10.4 Å². The van der Waals surface area contributed by atoms with Gasteiger partial charge in [-0.05, 0) is 47.0 Å². The van der Waals surface area contributed by atoms with Crippen molar-refractivity contribution in [3.05, 3.63) is 95.1 Å². The first-order valence-electron chi connectivity index (χ1n) is 11.0. The lowest BCUT2D eigenvalue weighted by Gasteiger charge is -2.29. The van der Waals surface area contributed by atoms with Crippen LogP contribution in [0.4, 0.5) is 28.9 Å². The van der Waals surface area contributed by atoms with Crippen LogP contribution in [0.2, 0.25) is 0 Å². The Kier molecular flexibility index (Phi) is 5.89. The minimum atomic E-state index is -4.87. The number of nitriles is 1. The number of alkyl halides is 3. The molecule has 0 spiro atoms. The molecular formula is C26H17F4N5O2. The number of aliphatic hydroxyl groups is 1. The molecule has 5 rings (SSSR count). The second-order valence-corrected chi connectivity index (χ2v) is 8.19. The van der Waals surface area contributed by atoms with E-state index in [0.717, 1.165) is 39.6 Å². The zero-order valence-electron chi connectivity index (χ0n) is 18.9. The van der Waals surface area contributed by atoms with E-state index in [0.29, 0.717) is 5.69 Å². The SMILES string of the molecule is N#Cc1cc(-n2nc(C(F)(F)F)c3c2C(=O)N(c2ccc(-c4ccccc4CO)cc2)CN3)ccc1F. The molecule has 0 unspecified atom stereocenters. The van der Waals surface area contributed by atoms with Crippen LogP contribution in [0.5, 0.6) is 0 Å². The zero-order valence-corrected chi connectivity index (χ0v) is 18.9. The molecule has 0 radical (unpaired) electrons. The van der Waals surface area contributed by atoms with Crippen molar-refractivity contribution in [2.24, 2.45) is 0 Å². The van der Waals surface area contributed by atoms with Crippen LogP contribution in [0.15, 0.2) is 66.7 Å². The molecule has 0 fully saturated rings. The highest BCUT2D eigenvalue weighted by molar-refractivity contribution is 6.11. The summed E-state index contributed by atoms with van der Waals surface area (Å²) in [6.45, 7) is -0.405. The number of carbonyl (C=O) groups excluding carboxylic acids is 1. The van der Waals surface area contributed by atoms with E-state index >= 15 is 0 Å². The van der Waals surface area contributed by atoms with Crippen LogP contribution in [0.3, 0.4) is 0 Å². The molecule has 7 nitrogen and oxygen atoms in total. The Morgan fingerprint density at radius 2 is 1.76 bits per heavy atom. The van der Waals surface area contributed by atoms with Crippen molar-refractivity contribution < 1.29 is 27.5 Å². The summed E-state index contributed by atoms with van der Waals surface area (Å²) in [5, 5.41) is 25.0. The number of aromatic nitrogens is 2. The maximum absolute atomic E-state index is 13.8. The van der Waals surface area contributed by atoms with Gasteiger partial charge in [0.05, 0.1) is 24.5 Å². The molecule has 2 heterocycles. The van der Waals surface area contributed by atoms with Crippen LogP contribution < -0.4 is 10.2 Å². The number of carbonyl (C=O) groups is 1. The lowest BCUT2D eigenvalue weighted by molar-refractivity contribution is -0.140. The van der Waals surface area contributed by atoms with Crippen molar-refractivity contribution in [1.82, 2.24) is 9.78 Å². The molecule has 37 heavy (non-hydrogen) atoms. The molecule has 1 aliphatic heterocycles. The second kappa shape index (κ2) is 9.07. The van der Waals surface area contributed by atoms with Crippen LogP contribution in [0, 0.1) is 17.1 Å². The van der Waals surface area contributed by atoms with E-state index in [1.165, 1.54) is 4.90 Å². The molecule has 0 saturated heterocycles. The third kappa shape index (κ3) is 4.17. The van der Waals surface area contributed by atoms with E-state index in [-0.39, 0.29) is 19.0 Å². The molecule has 0 bridgehead atoms. The summed E-state index contributed by atoms with van der Waals surface area (Å²) in [5.74, 6) is -1.61. The van der Waals surface area contributed by atoms with E-state index in [1.54, 1.807) is 42.5 Å². The van der Waals surface area contributed by atoms with Gasteiger partial charge in [0.2, 0.25) is 0 Å². The normalized spacial score (nSPS) is 13.2. The van der Waals surface area contributed by atoms with Crippen LogP contribution in [0.1, 0.15) is 27.3 Å². The Morgan fingerprint density at radius 1 is 1.05 bits per heavy atom. The highest BCUT2D eigenvalue weighted by Gasteiger charge is 2.43. The van der Waals surface area contributed by atoms with Crippen molar-refractivity contribution in [1.29, 1.82) is 5.26 Å². The number of nitrogens with zero attached hydrogens (tertiary/aromatic N) is 4. The largest absolute Gasteiger partial charge is 0.437 e. The zero-order chi connectivity index (χ0) is 26.3. The molecule has 11 heteroatoms. The van der Waals surface area contributed by atoms with Gasteiger partial charge in [-0.3, -0.25) is 9.69 Å². The number of benzene rings is 3. The third-order valence-corrected chi connectivity index (χ3v) is 6.01. The number of rotatable bonds is 4. The van der Waals surface area contributed by atoms with Gasteiger partial charge in [0.15, 0.2) is 11.4 Å². The second-order valence-electron chi connectivity index (χ2n) is 8.19. The number of amides is 1. The monoisotopic (exact) mass is 507 g/mol. The number of halogens is 4. The Bertz CT molecular complexity index is 1550. The fourth-order valence-electron chi connectivity index (χ4n) is 4.23. The first-order valence-corrected chi connectivity index (χ1v) is 11.0. The van der Waals surface area contributed by atoms with Gasteiger partial charge in [-0.1, -0.05) is 36.4 Å². The van der Waals surface area contributed by atoms with Gasteiger partial charge in [-0.15, -0.1) is 0 Å². The topological polar surface area (TPSA) is 94.2 Å². The predicted octanol–water partition coefficient (Wildman–Crippen LogP) is 5.09. The van der Waals surface area contributed by atoms with Gasteiger partial charge in [0, 0.05) is 5.69 Å². The first kappa shape index (κ1) is 24.0.